The number of nitriles is 2. The van der Waals surface area contributed by atoms with Crippen LogP contribution in [0.3, 0.4) is 0 Å². The van der Waals surface area contributed by atoms with Gasteiger partial charge >= 0.3 is 0 Å². The van der Waals surface area contributed by atoms with Gasteiger partial charge in [-0.25, -0.2) is 0 Å². The van der Waals surface area contributed by atoms with Gasteiger partial charge in [-0.1, -0.05) is 0 Å². The maximum atomic E-state index is 11.1. The molecule has 1 rings (SSSR count). The summed E-state index contributed by atoms with van der Waals surface area (Å²) in [5.41, 5.74) is -0.976. The summed E-state index contributed by atoms with van der Waals surface area (Å²) < 4.78 is 0. The van der Waals surface area contributed by atoms with Crippen LogP contribution in [0.4, 0.5) is 0 Å². The molecule has 0 bridgehead atoms. The lowest BCUT2D eigenvalue weighted by Gasteiger charge is -2.27. The summed E-state index contributed by atoms with van der Waals surface area (Å²) in [4.78, 5) is 11.1. The number of hydrogen-bond acceptors (Lipinski definition) is 3. The van der Waals surface area contributed by atoms with Crippen LogP contribution in [0.1, 0.15) is 32.6 Å². The van der Waals surface area contributed by atoms with Crippen molar-refractivity contribution in [3.8, 4) is 12.1 Å². The van der Waals surface area contributed by atoms with Gasteiger partial charge < -0.3 is 0 Å². The molecule has 1 aliphatic rings. The number of carbonyl (C=O) groups is 1. The van der Waals surface area contributed by atoms with E-state index in [1.807, 2.05) is 12.1 Å². The number of nitrogens with zero attached hydrogens (tertiary/aromatic N) is 2. The second-order valence-electron chi connectivity index (χ2n) is 3.76. The van der Waals surface area contributed by atoms with Crippen molar-refractivity contribution >= 4 is 5.78 Å². The molecule has 1 saturated carbocycles. The maximum Gasteiger partial charge on any atom is 0.144 e. The number of hydrogen-bond donors (Lipinski definition) is 0. The fourth-order valence-electron chi connectivity index (χ4n) is 1.72. The Labute approximate surface area is 78.0 Å². The largest absolute Gasteiger partial charge is 0.300 e. The smallest absolute Gasteiger partial charge is 0.144 e. The molecule has 0 aromatic heterocycles. The number of ketones is 1. The van der Waals surface area contributed by atoms with Crippen LogP contribution in [0.25, 0.3) is 0 Å². The Balaban J connectivity index is 2.77. The highest BCUT2D eigenvalue weighted by atomic mass is 16.1. The van der Waals surface area contributed by atoms with Gasteiger partial charge in [0.05, 0.1) is 12.1 Å². The molecule has 0 amide bonds. The molecule has 0 radical (unpaired) electrons. The van der Waals surface area contributed by atoms with Crippen LogP contribution in [0, 0.1) is 34.0 Å². The second kappa shape index (κ2) is 3.58. The monoisotopic (exact) mass is 176 g/mol. The van der Waals surface area contributed by atoms with Gasteiger partial charge in [0.2, 0.25) is 0 Å². The molecule has 68 valence electrons. The van der Waals surface area contributed by atoms with Crippen molar-refractivity contribution in [3.63, 3.8) is 0 Å². The molecule has 0 aromatic rings. The van der Waals surface area contributed by atoms with Crippen LogP contribution in [-0.2, 0) is 4.79 Å². The first kappa shape index (κ1) is 9.74. The van der Waals surface area contributed by atoms with Crippen molar-refractivity contribution in [3.05, 3.63) is 0 Å². The molecular formula is C10H12N2O. The summed E-state index contributed by atoms with van der Waals surface area (Å²) in [5, 5.41) is 17.7. The van der Waals surface area contributed by atoms with E-state index in [1.54, 1.807) is 6.92 Å². The first-order chi connectivity index (χ1) is 6.12. The van der Waals surface area contributed by atoms with Gasteiger partial charge in [-0.05, 0) is 25.7 Å². The summed E-state index contributed by atoms with van der Waals surface area (Å²) in [6.07, 6.45) is 2.66. The number of carbonyl (C=O) groups excluding carboxylic acids is 1. The maximum absolute atomic E-state index is 11.1. The summed E-state index contributed by atoms with van der Waals surface area (Å²) in [7, 11) is 0. The van der Waals surface area contributed by atoms with Crippen LogP contribution in [-0.4, -0.2) is 5.78 Å². The zero-order valence-corrected chi connectivity index (χ0v) is 7.71. The average Bonchev–Trinajstić information content (AvgIpc) is 2.17. The molecule has 3 nitrogen and oxygen atoms in total. The zero-order chi connectivity index (χ0) is 9.90. The minimum Gasteiger partial charge on any atom is -0.300 e. The van der Waals surface area contributed by atoms with E-state index in [4.69, 9.17) is 10.5 Å². The van der Waals surface area contributed by atoms with E-state index in [1.165, 1.54) is 0 Å². The van der Waals surface area contributed by atoms with Crippen molar-refractivity contribution in [2.24, 2.45) is 11.3 Å². The van der Waals surface area contributed by atoms with Crippen LogP contribution in [0.5, 0.6) is 0 Å². The lowest BCUT2D eigenvalue weighted by atomic mass is 9.71. The van der Waals surface area contributed by atoms with E-state index in [-0.39, 0.29) is 11.7 Å². The summed E-state index contributed by atoms with van der Waals surface area (Å²) in [6, 6.07) is 4.01. The van der Waals surface area contributed by atoms with Crippen LogP contribution in [0.2, 0.25) is 0 Å². The van der Waals surface area contributed by atoms with Crippen molar-refractivity contribution in [2.45, 2.75) is 32.6 Å². The average molecular weight is 176 g/mol. The Hall–Kier alpha value is -1.35. The SMILES string of the molecule is CC(C#N)(C#N)C1CCCC(=O)C1. The fraction of sp³-hybridized carbons (Fsp3) is 0.700. The molecule has 1 unspecified atom stereocenters. The predicted molar refractivity (Wildman–Crippen MR) is 46.3 cm³/mol. The van der Waals surface area contributed by atoms with Crippen molar-refractivity contribution in [1.82, 2.24) is 0 Å². The Bertz CT molecular complexity index is 281. The quantitative estimate of drug-likeness (QED) is 0.611. The molecule has 0 spiro atoms. The molecule has 0 saturated heterocycles. The highest BCUT2D eigenvalue weighted by Crippen LogP contribution is 2.36. The van der Waals surface area contributed by atoms with Gasteiger partial charge in [-0.15, -0.1) is 0 Å². The van der Waals surface area contributed by atoms with E-state index >= 15 is 0 Å². The molecule has 1 atom stereocenters. The van der Waals surface area contributed by atoms with Gasteiger partial charge in [0, 0.05) is 12.8 Å². The molecule has 0 N–H and O–H groups in total. The molecule has 1 aliphatic carbocycles. The van der Waals surface area contributed by atoms with Crippen molar-refractivity contribution < 1.29 is 4.79 Å². The summed E-state index contributed by atoms with van der Waals surface area (Å²) in [6.45, 7) is 1.62. The Morgan fingerprint density at radius 2 is 2.08 bits per heavy atom. The highest BCUT2D eigenvalue weighted by molar-refractivity contribution is 5.79. The molecule has 0 aliphatic heterocycles. The molecule has 1 fully saturated rings. The van der Waals surface area contributed by atoms with Crippen molar-refractivity contribution in [2.75, 3.05) is 0 Å². The van der Waals surface area contributed by atoms with Crippen molar-refractivity contribution in [1.29, 1.82) is 10.5 Å². The lowest BCUT2D eigenvalue weighted by molar-refractivity contribution is -0.122. The predicted octanol–water partition coefficient (Wildman–Crippen LogP) is 1.80. The third-order valence-corrected chi connectivity index (χ3v) is 2.76. The number of rotatable bonds is 1. The fourth-order valence-corrected chi connectivity index (χ4v) is 1.72. The standard InChI is InChI=1S/C10H12N2O/c1-10(6-11,7-12)8-3-2-4-9(13)5-8/h8H,2-5H2,1H3. The molecule has 0 aromatic carbocycles. The molecule has 0 heterocycles. The third-order valence-electron chi connectivity index (χ3n) is 2.76. The van der Waals surface area contributed by atoms with Crippen LogP contribution in [0.15, 0.2) is 0 Å². The summed E-state index contributed by atoms with van der Waals surface area (Å²) >= 11 is 0. The molecular weight excluding hydrogens is 164 g/mol. The van der Waals surface area contributed by atoms with E-state index in [0.29, 0.717) is 12.8 Å². The normalized spacial score (nSPS) is 23.3. The topological polar surface area (TPSA) is 64.7 Å². The first-order valence-electron chi connectivity index (χ1n) is 4.46. The van der Waals surface area contributed by atoms with Gasteiger partial charge in [0.15, 0.2) is 0 Å². The van der Waals surface area contributed by atoms with E-state index in [0.717, 1.165) is 12.8 Å². The minimum absolute atomic E-state index is 0.0660. The second-order valence-corrected chi connectivity index (χ2v) is 3.76. The van der Waals surface area contributed by atoms with Gasteiger partial charge in [0.1, 0.15) is 11.2 Å². The Kier molecular flexibility index (Phi) is 2.68. The number of Topliss-reactive ketones (excluding diaryl/α,β-unsaturated/α-hetero) is 1. The van der Waals surface area contributed by atoms with E-state index < -0.39 is 5.41 Å². The van der Waals surface area contributed by atoms with Gasteiger partial charge in [0.25, 0.3) is 0 Å². The van der Waals surface area contributed by atoms with Gasteiger partial charge in [-0.3, -0.25) is 4.79 Å². The third kappa shape index (κ3) is 1.87. The Morgan fingerprint density at radius 3 is 2.54 bits per heavy atom. The molecule has 13 heavy (non-hydrogen) atoms. The van der Waals surface area contributed by atoms with Crippen LogP contribution >= 0.6 is 0 Å². The first-order valence-corrected chi connectivity index (χ1v) is 4.46. The van der Waals surface area contributed by atoms with Gasteiger partial charge in [-0.2, -0.15) is 10.5 Å². The van der Waals surface area contributed by atoms with E-state index in [2.05, 4.69) is 0 Å². The molecule has 3 heteroatoms. The van der Waals surface area contributed by atoms with E-state index in [9.17, 15) is 4.79 Å². The Morgan fingerprint density at radius 1 is 1.46 bits per heavy atom. The minimum atomic E-state index is -0.976. The zero-order valence-electron chi connectivity index (χ0n) is 7.71. The highest BCUT2D eigenvalue weighted by Gasteiger charge is 2.37. The van der Waals surface area contributed by atoms with Crippen LogP contribution < -0.4 is 0 Å². The lowest BCUT2D eigenvalue weighted by Crippen LogP contribution is -2.29. The summed E-state index contributed by atoms with van der Waals surface area (Å²) in [5.74, 6) is 0.122.